The molecule has 2 heterocycles. The van der Waals surface area contributed by atoms with Crippen LogP contribution in [0.4, 0.5) is 11.4 Å². The highest BCUT2D eigenvalue weighted by Gasteiger charge is 2.40. The van der Waals surface area contributed by atoms with Crippen LogP contribution in [0.1, 0.15) is 5.56 Å². The Morgan fingerprint density at radius 3 is 2.95 bits per heavy atom. The molecule has 0 aliphatic carbocycles. The number of nitrogens with zero attached hydrogens (tertiary/aromatic N) is 2. The Morgan fingerprint density at radius 2 is 2.21 bits per heavy atom. The molecule has 1 amide bonds. The van der Waals surface area contributed by atoms with Gasteiger partial charge in [0.25, 0.3) is 0 Å². The first-order valence-electron chi connectivity index (χ1n) is 5.82. The van der Waals surface area contributed by atoms with Gasteiger partial charge in [0.2, 0.25) is 5.91 Å². The van der Waals surface area contributed by atoms with Gasteiger partial charge in [0.1, 0.15) is 6.04 Å². The molecule has 0 spiro atoms. The van der Waals surface area contributed by atoms with Crippen molar-refractivity contribution in [3.05, 3.63) is 23.8 Å². The normalized spacial score (nSPS) is 23.8. The number of nitrogens with one attached hydrogen (secondary N) is 1. The molecule has 0 saturated carbocycles. The summed E-state index contributed by atoms with van der Waals surface area (Å²) < 4.78 is 23.3. The molecule has 0 radical (unpaired) electrons. The molecular formula is C12H11N3O3S. The molecular weight excluding hydrogens is 266 g/mol. The molecule has 0 aromatic heterocycles. The van der Waals surface area contributed by atoms with Crippen molar-refractivity contribution >= 4 is 27.1 Å². The number of rotatable bonds is 0. The minimum absolute atomic E-state index is 0.0347. The summed E-state index contributed by atoms with van der Waals surface area (Å²) >= 11 is 0. The first kappa shape index (κ1) is 12.0. The number of fused-ring (bicyclic) bond motifs is 3. The highest BCUT2D eigenvalue weighted by Crippen LogP contribution is 2.34. The van der Waals surface area contributed by atoms with Crippen LogP contribution in [-0.4, -0.2) is 38.4 Å². The topological polar surface area (TPSA) is 90.3 Å². The average molecular weight is 277 g/mol. The zero-order valence-corrected chi connectivity index (χ0v) is 10.8. The molecule has 1 fully saturated rings. The molecule has 1 N–H and O–H groups in total. The zero-order valence-electron chi connectivity index (χ0n) is 9.96. The van der Waals surface area contributed by atoms with Crippen molar-refractivity contribution in [2.24, 2.45) is 0 Å². The van der Waals surface area contributed by atoms with Crippen molar-refractivity contribution in [2.45, 2.75) is 6.04 Å². The first-order chi connectivity index (χ1) is 9.00. The maximum Gasteiger partial charge on any atom is 0.248 e. The molecule has 1 aromatic rings. The third kappa shape index (κ3) is 1.94. The lowest BCUT2D eigenvalue weighted by Crippen LogP contribution is -2.56. The Morgan fingerprint density at radius 1 is 1.42 bits per heavy atom. The van der Waals surface area contributed by atoms with Crippen molar-refractivity contribution in [1.29, 1.82) is 5.26 Å². The standard InChI is InChI=1S/C12H11N3O3S/c13-6-8-1-2-9-10(5-8)15-3-4-19(17,18)7-11(15)12(16)14-9/h1-2,5,11H,3-4,7H2,(H,14,16). The second kappa shape index (κ2) is 3.96. The lowest BCUT2D eigenvalue weighted by molar-refractivity contribution is -0.117. The van der Waals surface area contributed by atoms with Crippen LogP contribution in [0.3, 0.4) is 0 Å². The molecule has 1 saturated heterocycles. The van der Waals surface area contributed by atoms with Crippen molar-refractivity contribution in [3.8, 4) is 6.07 Å². The van der Waals surface area contributed by atoms with E-state index in [1.807, 2.05) is 6.07 Å². The van der Waals surface area contributed by atoms with Crippen molar-refractivity contribution < 1.29 is 13.2 Å². The van der Waals surface area contributed by atoms with E-state index in [4.69, 9.17) is 5.26 Å². The monoisotopic (exact) mass is 277 g/mol. The molecule has 0 bridgehead atoms. The van der Waals surface area contributed by atoms with Crippen LogP contribution in [-0.2, 0) is 14.6 Å². The Balaban J connectivity index is 2.08. The van der Waals surface area contributed by atoms with E-state index in [0.29, 0.717) is 11.3 Å². The van der Waals surface area contributed by atoms with Gasteiger partial charge in [-0.3, -0.25) is 4.79 Å². The first-order valence-corrected chi connectivity index (χ1v) is 7.64. The summed E-state index contributed by atoms with van der Waals surface area (Å²) in [7, 11) is -3.17. The lowest BCUT2D eigenvalue weighted by Gasteiger charge is -2.40. The maximum atomic E-state index is 12.0. The van der Waals surface area contributed by atoms with E-state index in [-0.39, 0.29) is 24.0 Å². The van der Waals surface area contributed by atoms with E-state index in [1.54, 1.807) is 23.1 Å². The van der Waals surface area contributed by atoms with Crippen LogP contribution in [0.25, 0.3) is 0 Å². The minimum atomic E-state index is -3.17. The maximum absolute atomic E-state index is 12.0. The lowest BCUT2D eigenvalue weighted by atomic mass is 10.1. The number of amides is 1. The third-order valence-electron chi connectivity index (χ3n) is 3.43. The van der Waals surface area contributed by atoms with Gasteiger partial charge in [-0.05, 0) is 18.2 Å². The number of benzene rings is 1. The van der Waals surface area contributed by atoms with E-state index in [1.165, 1.54) is 0 Å². The number of carbonyl (C=O) groups is 1. The average Bonchev–Trinajstić information content (AvgIpc) is 2.38. The van der Waals surface area contributed by atoms with E-state index in [0.717, 1.165) is 5.69 Å². The van der Waals surface area contributed by atoms with Crippen LogP contribution in [0.2, 0.25) is 0 Å². The van der Waals surface area contributed by atoms with Gasteiger partial charge in [-0.25, -0.2) is 8.42 Å². The second-order valence-corrected chi connectivity index (χ2v) is 6.89. The summed E-state index contributed by atoms with van der Waals surface area (Å²) in [6.07, 6.45) is 0. The van der Waals surface area contributed by atoms with Gasteiger partial charge >= 0.3 is 0 Å². The van der Waals surface area contributed by atoms with Gasteiger partial charge in [-0.2, -0.15) is 5.26 Å². The molecule has 1 aromatic carbocycles. The van der Waals surface area contributed by atoms with Crippen LogP contribution in [0.15, 0.2) is 18.2 Å². The summed E-state index contributed by atoms with van der Waals surface area (Å²) in [5.41, 5.74) is 1.83. The summed E-state index contributed by atoms with van der Waals surface area (Å²) in [6.45, 7) is 0.280. The number of anilines is 2. The molecule has 19 heavy (non-hydrogen) atoms. The Bertz CT molecular complexity index is 705. The van der Waals surface area contributed by atoms with Crippen LogP contribution >= 0.6 is 0 Å². The van der Waals surface area contributed by atoms with E-state index < -0.39 is 15.9 Å². The summed E-state index contributed by atoms with van der Waals surface area (Å²) in [5, 5.41) is 11.6. The predicted octanol–water partition coefficient (Wildman–Crippen LogP) is 0.114. The van der Waals surface area contributed by atoms with Gasteiger partial charge in [-0.1, -0.05) is 0 Å². The van der Waals surface area contributed by atoms with Crippen LogP contribution < -0.4 is 10.2 Å². The molecule has 2 aliphatic rings. The van der Waals surface area contributed by atoms with Crippen molar-refractivity contribution in [1.82, 2.24) is 0 Å². The van der Waals surface area contributed by atoms with Gasteiger partial charge in [0, 0.05) is 6.54 Å². The fourth-order valence-corrected chi connectivity index (χ4v) is 3.93. The number of nitriles is 1. The second-order valence-electron chi connectivity index (χ2n) is 4.66. The number of hydrogen-bond acceptors (Lipinski definition) is 5. The molecule has 98 valence electrons. The highest BCUT2D eigenvalue weighted by molar-refractivity contribution is 7.91. The molecule has 6 nitrogen and oxygen atoms in total. The van der Waals surface area contributed by atoms with Gasteiger partial charge < -0.3 is 10.2 Å². The highest BCUT2D eigenvalue weighted by atomic mass is 32.2. The molecule has 3 rings (SSSR count). The van der Waals surface area contributed by atoms with Crippen LogP contribution in [0, 0.1) is 11.3 Å². The quantitative estimate of drug-likeness (QED) is 0.727. The minimum Gasteiger partial charge on any atom is -0.356 e. The van der Waals surface area contributed by atoms with Crippen molar-refractivity contribution in [2.75, 3.05) is 28.3 Å². The number of sulfone groups is 1. The van der Waals surface area contributed by atoms with E-state index >= 15 is 0 Å². The predicted molar refractivity (Wildman–Crippen MR) is 69.6 cm³/mol. The SMILES string of the molecule is N#Cc1ccc2c(c1)N1CCS(=O)(=O)CC1C(=O)N2. The Labute approximate surface area is 110 Å². The third-order valence-corrected chi connectivity index (χ3v) is 5.06. The van der Waals surface area contributed by atoms with Crippen LogP contribution in [0.5, 0.6) is 0 Å². The molecule has 2 aliphatic heterocycles. The van der Waals surface area contributed by atoms with Gasteiger partial charge in [0.15, 0.2) is 9.84 Å². The summed E-state index contributed by atoms with van der Waals surface area (Å²) in [6, 6.07) is 6.33. The number of hydrogen-bond donors (Lipinski definition) is 1. The summed E-state index contributed by atoms with van der Waals surface area (Å²) in [4.78, 5) is 13.7. The summed E-state index contributed by atoms with van der Waals surface area (Å²) in [5.74, 6) is -0.442. The Kier molecular flexibility index (Phi) is 2.50. The fraction of sp³-hybridized carbons (Fsp3) is 0.333. The smallest absolute Gasteiger partial charge is 0.248 e. The zero-order chi connectivity index (χ0) is 13.6. The van der Waals surface area contributed by atoms with E-state index in [2.05, 4.69) is 5.32 Å². The molecule has 7 heteroatoms. The molecule has 1 atom stereocenters. The Hall–Kier alpha value is -2.07. The largest absolute Gasteiger partial charge is 0.356 e. The van der Waals surface area contributed by atoms with Gasteiger partial charge in [0.05, 0.1) is 34.5 Å². The van der Waals surface area contributed by atoms with E-state index in [9.17, 15) is 13.2 Å². The van der Waals surface area contributed by atoms with Crippen molar-refractivity contribution in [3.63, 3.8) is 0 Å². The van der Waals surface area contributed by atoms with Gasteiger partial charge in [-0.15, -0.1) is 0 Å². The number of carbonyl (C=O) groups excluding carboxylic acids is 1. The fourth-order valence-electron chi connectivity index (χ4n) is 2.47. The molecule has 1 unspecified atom stereocenters.